The van der Waals surface area contributed by atoms with Crippen LogP contribution in [0.25, 0.3) is 43.9 Å². The normalized spacial score (nSPS) is 15.5. The fraction of sp³-hybridized carbons (Fsp3) is 0.235. The van der Waals surface area contributed by atoms with Crippen molar-refractivity contribution >= 4 is 38.9 Å². The Morgan fingerprint density at radius 3 is 2.78 bits per heavy atom. The van der Waals surface area contributed by atoms with E-state index < -0.39 is 11.6 Å². The number of anilines is 1. The van der Waals surface area contributed by atoms with Gasteiger partial charge in [0, 0.05) is 52.7 Å². The summed E-state index contributed by atoms with van der Waals surface area (Å²) in [5, 5.41) is 10.4. The maximum absolute atomic E-state index is 16.0. The fourth-order valence-electron chi connectivity index (χ4n) is 6.20. The highest BCUT2D eigenvalue weighted by Gasteiger charge is 2.31. The molecular formula is C34H29F2N5O4S. The van der Waals surface area contributed by atoms with Gasteiger partial charge in [0.05, 0.1) is 42.6 Å². The molecule has 0 bridgehead atoms. The number of nitrogens with zero attached hydrogens (tertiary/aromatic N) is 4. The minimum absolute atomic E-state index is 0.0142. The number of carbonyl (C=O) groups excluding carboxylic acids is 2. The molecule has 1 atom stereocenters. The number of methoxy groups -OCH3 is 1. The lowest BCUT2D eigenvalue weighted by atomic mass is 9.96. The number of pyridine rings is 1. The molecule has 5 heterocycles. The van der Waals surface area contributed by atoms with Crippen LogP contribution in [0.2, 0.25) is 0 Å². The third kappa shape index (κ3) is 5.03. The number of halogens is 2. The zero-order valence-electron chi connectivity index (χ0n) is 25.1. The van der Waals surface area contributed by atoms with E-state index in [1.807, 2.05) is 47.3 Å². The molecule has 9 nitrogen and oxygen atoms in total. The molecule has 234 valence electrons. The van der Waals surface area contributed by atoms with Gasteiger partial charge in [-0.05, 0) is 42.1 Å². The van der Waals surface area contributed by atoms with Crippen LogP contribution in [-0.2, 0) is 27.3 Å². The summed E-state index contributed by atoms with van der Waals surface area (Å²) in [7, 11) is 1.52. The molecule has 5 aromatic rings. The summed E-state index contributed by atoms with van der Waals surface area (Å²) in [6.45, 7) is 6.74. The standard InChI is InChI=1S/C34H29F2N5O4S/c1-4-29(43)40-8-9-41-26(18(40)2)17-25(39-41)33-31(30-23(36)15-21(35)16-27(30)45-11-10-44-3)34-22(7-12-46-34)32(38-33)20-6-5-19-14-28(42)37-24(19)13-20/h4-7,12-13,15-18H,1,8-11,14H2,2-3H3,(H,37,42)/t18-/m1/s1. The van der Waals surface area contributed by atoms with Crippen molar-refractivity contribution in [3.63, 3.8) is 0 Å². The molecule has 3 aromatic heterocycles. The predicted molar refractivity (Wildman–Crippen MR) is 172 cm³/mol. The van der Waals surface area contributed by atoms with Crippen molar-refractivity contribution in [2.75, 3.05) is 32.2 Å². The van der Waals surface area contributed by atoms with Gasteiger partial charge >= 0.3 is 0 Å². The summed E-state index contributed by atoms with van der Waals surface area (Å²) in [6.07, 6.45) is 1.60. The van der Waals surface area contributed by atoms with Crippen molar-refractivity contribution in [2.45, 2.75) is 25.9 Å². The van der Waals surface area contributed by atoms with E-state index in [-0.39, 0.29) is 42.4 Å². The minimum Gasteiger partial charge on any atom is -0.490 e. The zero-order chi connectivity index (χ0) is 32.1. The third-order valence-corrected chi connectivity index (χ3v) is 9.32. The first-order valence-electron chi connectivity index (χ1n) is 14.7. The topological polar surface area (TPSA) is 98.6 Å². The van der Waals surface area contributed by atoms with Crippen LogP contribution in [-0.4, -0.2) is 58.3 Å². The summed E-state index contributed by atoms with van der Waals surface area (Å²) < 4.78 is 44.2. The number of benzene rings is 2. The number of amides is 2. The molecule has 12 heteroatoms. The number of rotatable bonds is 8. The van der Waals surface area contributed by atoms with E-state index in [1.165, 1.54) is 24.5 Å². The van der Waals surface area contributed by atoms with E-state index in [4.69, 9.17) is 19.6 Å². The van der Waals surface area contributed by atoms with Crippen molar-refractivity contribution in [3.8, 4) is 39.5 Å². The maximum atomic E-state index is 16.0. The van der Waals surface area contributed by atoms with Gasteiger partial charge in [0.25, 0.3) is 0 Å². The molecule has 7 rings (SSSR count). The van der Waals surface area contributed by atoms with Gasteiger partial charge in [-0.3, -0.25) is 14.3 Å². The molecule has 0 unspecified atom stereocenters. The Balaban J connectivity index is 1.49. The molecule has 2 aliphatic heterocycles. The van der Waals surface area contributed by atoms with Crippen molar-refractivity contribution < 1.29 is 27.8 Å². The molecule has 2 aliphatic rings. The van der Waals surface area contributed by atoms with Crippen LogP contribution < -0.4 is 10.1 Å². The first-order valence-corrected chi connectivity index (χ1v) is 15.6. The number of carbonyl (C=O) groups is 2. The summed E-state index contributed by atoms with van der Waals surface area (Å²) in [4.78, 5) is 31.6. The third-order valence-electron chi connectivity index (χ3n) is 8.39. The van der Waals surface area contributed by atoms with Gasteiger partial charge in [0.15, 0.2) is 0 Å². The van der Waals surface area contributed by atoms with Crippen LogP contribution >= 0.6 is 11.3 Å². The van der Waals surface area contributed by atoms with Gasteiger partial charge in [0.2, 0.25) is 11.8 Å². The average Bonchev–Trinajstić information content (AvgIpc) is 3.78. The number of fused-ring (bicyclic) bond motifs is 3. The Morgan fingerprint density at radius 1 is 1.13 bits per heavy atom. The largest absolute Gasteiger partial charge is 0.490 e. The molecule has 1 N–H and O–H groups in total. The van der Waals surface area contributed by atoms with Gasteiger partial charge in [-0.2, -0.15) is 5.10 Å². The highest BCUT2D eigenvalue weighted by molar-refractivity contribution is 7.18. The molecule has 0 spiro atoms. The Bertz CT molecular complexity index is 2060. The van der Waals surface area contributed by atoms with Crippen LogP contribution in [0.3, 0.4) is 0 Å². The number of ether oxygens (including phenoxy) is 2. The van der Waals surface area contributed by atoms with Gasteiger partial charge in [-0.15, -0.1) is 11.3 Å². The summed E-state index contributed by atoms with van der Waals surface area (Å²) in [5.74, 6) is -1.83. The second kappa shape index (κ2) is 11.8. The molecule has 46 heavy (non-hydrogen) atoms. The summed E-state index contributed by atoms with van der Waals surface area (Å²) in [5.41, 5.74) is 5.07. The van der Waals surface area contributed by atoms with E-state index in [1.54, 1.807) is 4.90 Å². The highest BCUT2D eigenvalue weighted by Crippen LogP contribution is 2.47. The second-order valence-corrected chi connectivity index (χ2v) is 12.1. The van der Waals surface area contributed by atoms with Gasteiger partial charge in [-0.25, -0.2) is 13.8 Å². The quantitative estimate of drug-likeness (QED) is 0.156. The van der Waals surface area contributed by atoms with E-state index in [9.17, 15) is 14.0 Å². The molecule has 2 amide bonds. The van der Waals surface area contributed by atoms with Crippen LogP contribution in [0.5, 0.6) is 5.75 Å². The highest BCUT2D eigenvalue weighted by atomic mass is 32.1. The van der Waals surface area contributed by atoms with E-state index in [0.717, 1.165) is 40.0 Å². The smallest absolute Gasteiger partial charge is 0.246 e. The van der Waals surface area contributed by atoms with E-state index >= 15 is 4.39 Å². The number of hydrogen-bond donors (Lipinski definition) is 1. The molecule has 0 aliphatic carbocycles. The van der Waals surface area contributed by atoms with Crippen LogP contribution in [0.15, 0.2) is 60.5 Å². The van der Waals surface area contributed by atoms with Gasteiger partial charge in [-0.1, -0.05) is 18.7 Å². The Labute approximate surface area is 267 Å². The Morgan fingerprint density at radius 2 is 1.98 bits per heavy atom. The number of aromatic nitrogens is 3. The van der Waals surface area contributed by atoms with Crippen molar-refractivity contribution in [2.24, 2.45) is 0 Å². The molecule has 0 radical (unpaired) electrons. The first kappa shape index (κ1) is 29.8. The van der Waals surface area contributed by atoms with Gasteiger partial charge in [0.1, 0.15) is 35.4 Å². The monoisotopic (exact) mass is 641 g/mol. The Kier molecular flexibility index (Phi) is 7.61. The molecule has 0 fully saturated rings. The molecule has 0 saturated carbocycles. The Hall–Kier alpha value is -4.94. The van der Waals surface area contributed by atoms with Crippen molar-refractivity contribution in [1.29, 1.82) is 0 Å². The second-order valence-electron chi connectivity index (χ2n) is 11.1. The van der Waals surface area contributed by atoms with Crippen LogP contribution in [0.1, 0.15) is 24.2 Å². The maximum Gasteiger partial charge on any atom is 0.246 e. The summed E-state index contributed by atoms with van der Waals surface area (Å²) in [6, 6.07) is 11.2. The minimum atomic E-state index is -0.807. The molecular weight excluding hydrogens is 612 g/mol. The predicted octanol–water partition coefficient (Wildman–Crippen LogP) is 6.38. The van der Waals surface area contributed by atoms with Crippen LogP contribution in [0.4, 0.5) is 14.5 Å². The lowest BCUT2D eigenvalue weighted by molar-refractivity contribution is -0.129. The zero-order valence-corrected chi connectivity index (χ0v) is 25.9. The SMILES string of the molecule is C=CC(=O)N1CCn2nc(-c3nc(-c4ccc5c(c4)NC(=O)C5)c4ccsc4c3-c3c(F)cc(F)cc3OCCOC)cc2[C@H]1C. The average molecular weight is 642 g/mol. The number of thiophene rings is 1. The fourth-order valence-corrected chi connectivity index (χ4v) is 7.15. The van der Waals surface area contributed by atoms with Gasteiger partial charge < -0.3 is 19.7 Å². The molecule has 2 aromatic carbocycles. The van der Waals surface area contributed by atoms with E-state index in [2.05, 4.69) is 11.9 Å². The number of nitrogens with one attached hydrogen (secondary N) is 1. The van der Waals surface area contributed by atoms with Crippen molar-refractivity contribution in [3.05, 3.63) is 83.4 Å². The van der Waals surface area contributed by atoms with Crippen molar-refractivity contribution in [1.82, 2.24) is 19.7 Å². The van der Waals surface area contributed by atoms with Crippen LogP contribution in [0, 0.1) is 11.6 Å². The van der Waals surface area contributed by atoms with E-state index in [0.29, 0.717) is 46.9 Å². The molecule has 0 saturated heterocycles. The lowest BCUT2D eigenvalue weighted by Gasteiger charge is -2.33. The first-order chi connectivity index (χ1) is 22.3. The number of hydrogen-bond acceptors (Lipinski definition) is 7. The summed E-state index contributed by atoms with van der Waals surface area (Å²) >= 11 is 1.40. The lowest BCUT2D eigenvalue weighted by Crippen LogP contribution is -2.40.